The molecule has 1 aliphatic heterocycles. The molecule has 66 valence electrons. The Balaban J connectivity index is 2.36. The van der Waals surface area contributed by atoms with Gasteiger partial charge in [0.25, 0.3) is 0 Å². The molecule has 1 saturated heterocycles. The Hall–Kier alpha value is -0.120. The zero-order valence-corrected chi connectivity index (χ0v) is 7.17. The zero-order valence-electron chi connectivity index (χ0n) is 7.17. The molecule has 0 aromatic rings. The van der Waals surface area contributed by atoms with Gasteiger partial charge in [0.2, 0.25) is 0 Å². The van der Waals surface area contributed by atoms with E-state index in [2.05, 4.69) is 5.32 Å². The summed E-state index contributed by atoms with van der Waals surface area (Å²) in [5, 5.41) is 21.8. The van der Waals surface area contributed by atoms with Crippen LogP contribution < -0.4 is 5.32 Å². The van der Waals surface area contributed by atoms with Crippen molar-refractivity contribution in [2.75, 3.05) is 6.54 Å². The predicted molar refractivity (Wildman–Crippen MR) is 43.3 cm³/mol. The highest BCUT2D eigenvalue weighted by molar-refractivity contribution is 4.87. The summed E-state index contributed by atoms with van der Waals surface area (Å²) in [6.45, 7) is 4.18. The van der Waals surface area contributed by atoms with Crippen molar-refractivity contribution in [2.24, 2.45) is 0 Å². The fraction of sp³-hybridized carbons (Fsp3) is 1.00. The van der Waals surface area contributed by atoms with Crippen LogP contribution in [0.15, 0.2) is 0 Å². The van der Waals surface area contributed by atoms with Crippen molar-refractivity contribution in [3.63, 3.8) is 0 Å². The molecular formula is C8H17NO2. The predicted octanol–water partition coefficient (Wildman–Crippen LogP) is -0.130. The van der Waals surface area contributed by atoms with Gasteiger partial charge < -0.3 is 15.5 Å². The van der Waals surface area contributed by atoms with Crippen molar-refractivity contribution in [1.82, 2.24) is 5.32 Å². The maximum Gasteiger partial charge on any atom is 0.0744 e. The fourth-order valence-electron chi connectivity index (χ4n) is 1.42. The van der Waals surface area contributed by atoms with Gasteiger partial charge in [0, 0.05) is 12.6 Å². The van der Waals surface area contributed by atoms with Gasteiger partial charge in [-0.1, -0.05) is 0 Å². The SMILES string of the molecule is C[C@H](O)[C@H]1CC[C@@](C)(O)CN1. The van der Waals surface area contributed by atoms with Crippen LogP contribution in [0.1, 0.15) is 26.7 Å². The van der Waals surface area contributed by atoms with Crippen LogP contribution in [0.25, 0.3) is 0 Å². The van der Waals surface area contributed by atoms with E-state index in [0.29, 0.717) is 6.54 Å². The molecule has 0 aliphatic carbocycles. The van der Waals surface area contributed by atoms with Crippen molar-refractivity contribution in [3.8, 4) is 0 Å². The molecule has 0 unspecified atom stereocenters. The molecule has 0 radical (unpaired) electrons. The standard InChI is InChI=1S/C8H17NO2/c1-6(10)7-3-4-8(2,11)5-9-7/h6-7,9-11H,3-5H2,1-2H3/t6-,7+,8+/m0/s1. The minimum absolute atomic E-state index is 0.162. The van der Waals surface area contributed by atoms with Crippen LogP contribution in [-0.4, -0.2) is 34.5 Å². The number of β-amino-alcohol motifs (C(OH)–C–C–N with tert-alkyl or cyclic N) is 1. The Bertz CT molecular complexity index is 124. The van der Waals surface area contributed by atoms with E-state index >= 15 is 0 Å². The van der Waals surface area contributed by atoms with Crippen LogP contribution in [0, 0.1) is 0 Å². The zero-order chi connectivity index (χ0) is 8.48. The van der Waals surface area contributed by atoms with E-state index in [4.69, 9.17) is 0 Å². The molecule has 1 aliphatic rings. The quantitative estimate of drug-likeness (QED) is 0.499. The van der Waals surface area contributed by atoms with Crippen LogP contribution in [0.3, 0.4) is 0 Å². The number of piperidine rings is 1. The maximum absolute atomic E-state index is 9.53. The number of nitrogens with one attached hydrogen (secondary N) is 1. The molecule has 11 heavy (non-hydrogen) atoms. The lowest BCUT2D eigenvalue weighted by Gasteiger charge is -2.35. The lowest BCUT2D eigenvalue weighted by molar-refractivity contribution is 0.00539. The van der Waals surface area contributed by atoms with Crippen LogP contribution in [-0.2, 0) is 0 Å². The third kappa shape index (κ3) is 2.43. The van der Waals surface area contributed by atoms with E-state index in [1.54, 1.807) is 6.92 Å². The normalized spacial score (nSPS) is 42.0. The molecular weight excluding hydrogens is 142 g/mol. The van der Waals surface area contributed by atoms with Gasteiger partial charge in [0.05, 0.1) is 11.7 Å². The Kier molecular flexibility index (Phi) is 2.52. The van der Waals surface area contributed by atoms with E-state index in [1.807, 2.05) is 6.92 Å². The second-order valence-corrected chi connectivity index (χ2v) is 3.76. The highest BCUT2D eigenvalue weighted by Crippen LogP contribution is 2.19. The molecule has 0 bridgehead atoms. The smallest absolute Gasteiger partial charge is 0.0744 e. The van der Waals surface area contributed by atoms with Gasteiger partial charge in [-0.2, -0.15) is 0 Å². The van der Waals surface area contributed by atoms with Crippen molar-refractivity contribution in [3.05, 3.63) is 0 Å². The van der Waals surface area contributed by atoms with Gasteiger partial charge in [0.15, 0.2) is 0 Å². The van der Waals surface area contributed by atoms with Crippen molar-refractivity contribution in [1.29, 1.82) is 0 Å². The van der Waals surface area contributed by atoms with E-state index < -0.39 is 5.60 Å². The van der Waals surface area contributed by atoms with Gasteiger partial charge in [-0.25, -0.2) is 0 Å². The molecule has 1 heterocycles. The van der Waals surface area contributed by atoms with Crippen molar-refractivity contribution in [2.45, 2.75) is 44.4 Å². The molecule has 3 atom stereocenters. The molecule has 3 nitrogen and oxygen atoms in total. The van der Waals surface area contributed by atoms with Crippen molar-refractivity contribution >= 4 is 0 Å². The Labute approximate surface area is 67.4 Å². The van der Waals surface area contributed by atoms with Crippen LogP contribution >= 0.6 is 0 Å². The van der Waals surface area contributed by atoms with E-state index in [-0.39, 0.29) is 12.1 Å². The fourth-order valence-corrected chi connectivity index (χ4v) is 1.42. The average Bonchev–Trinajstić information content (AvgIpc) is 1.86. The second kappa shape index (κ2) is 3.09. The summed E-state index contributed by atoms with van der Waals surface area (Å²) >= 11 is 0. The molecule has 0 spiro atoms. The lowest BCUT2D eigenvalue weighted by atomic mass is 9.90. The summed E-state index contributed by atoms with van der Waals surface area (Å²) in [6.07, 6.45) is 1.31. The highest BCUT2D eigenvalue weighted by atomic mass is 16.3. The van der Waals surface area contributed by atoms with Crippen molar-refractivity contribution < 1.29 is 10.2 Å². The van der Waals surface area contributed by atoms with E-state index in [1.165, 1.54) is 0 Å². The summed E-state index contributed by atoms with van der Waals surface area (Å²) < 4.78 is 0. The Morgan fingerprint density at radius 1 is 1.64 bits per heavy atom. The first-order chi connectivity index (χ1) is 5.01. The first kappa shape index (κ1) is 8.97. The molecule has 3 N–H and O–H groups in total. The first-order valence-electron chi connectivity index (χ1n) is 4.15. The van der Waals surface area contributed by atoms with E-state index in [0.717, 1.165) is 12.8 Å². The Morgan fingerprint density at radius 3 is 2.64 bits per heavy atom. The lowest BCUT2D eigenvalue weighted by Crippen LogP contribution is -2.52. The van der Waals surface area contributed by atoms with Gasteiger partial charge in [-0.15, -0.1) is 0 Å². The molecule has 3 heteroatoms. The van der Waals surface area contributed by atoms with Gasteiger partial charge >= 0.3 is 0 Å². The number of aliphatic hydroxyl groups is 2. The van der Waals surface area contributed by atoms with Gasteiger partial charge in [-0.05, 0) is 26.7 Å². The first-order valence-corrected chi connectivity index (χ1v) is 4.15. The molecule has 0 amide bonds. The average molecular weight is 159 g/mol. The van der Waals surface area contributed by atoms with Gasteiger partial charge in [-0.3, -0.25) is 0 Å². The molecule has 0 aromatic heterocycles. The van der Waals surface area contributed by atoms with Crippen LogP contribution in [0.4, 0.5) is 0 Å². The highest BCUT2D eigenvalue weighted by Gasteiger charge is 2.29. The number of aliphatic hydroxyl groups excluding tert-OH is 1. The summed E-state index contributed by atoms with van der Waals surface area (Å²) in [4.78, 5) is 0. The second-order valence-electron chi connectivity index (χ2n) is 3.76. The minimum atomic E-state index is -0.578. The molecule has 1 rings (SSSR count). The summed E-state index contributed by atoms with van der Waals surface area (Å²) in [6, 6.07) is 0.162. The third-order valence-corrected chi connectivity index (χ3v) is 2.32. The molecule has 0 saturated carbocycles. The summed E-state index contributed by atoms with van der Waals surface area (Å²) in [5.41, 5.74) is -0.578. The maximum atomic E-state index is 9.53. The monoisotopic (exact) mass is 159 g/mol. The topological polar surface area (TPSA) is 52.5 Å². The van der Waals surface area contributed by atoms with Crippen LogP contribution in [0.2, 0.25) is 0 Å². The summed E-state index contributed by atoms with van der Waals surface area (Å²) in [7, 11) is 0. The molecule has 0 aromatic carbocycles. The van der Waals surface area contributed by atoms with Gasteiger partial charge in [0.1, 0.15) is 0 Å². The number of hydrogen-bond donors (Lipinski definition) is 3. The summed E-state index contributed by atoms with van der Waals surface area (Å²) in [5.74, 6) is 0. The minimum Gasteiger partial charge on any atom is -0.392 e. The van der Waals surface area contributed by atoms with Crippen LogP contribution in [0.5, 0.6) is 0 Å². The third-order valence-electron chi connectivity index (χ3n) is 2.32. The molecule has 1 fully saturated rings. The number of hydrogen-bond acceptors (Lipinski definition) is 3. The van der Waals surface area contributed by atoms with E-state index in [9.17, 15) is 10.2 Å². The largest absolute Gasteiger partial charge is 0.392 e. The number of rotatable bonds is 1. The Morgan fingerprint density at radius 2 is 2.27 bits per heavy atom.